The summed E-state index contributed by atoms with van der Waals surface area (Å²) in [5.41, 5.74) is 28.6. The maximum atomic E-state index is 14.3. The van der Waals surface area contributed by atoms with E-state index in [0.29, 0.717) is 56.7 Å². The molecule has 0 aromatic heterocycles. The zero-order valence-corrected chi connectivity index (χ0v) is 36.5. The van der Waals surface area contributed by atoms with Crippen LogP contribution >= 0.6 is 0 Å². The first-order valence-corrected chi connectivity index (χ1v) is 24.4. The fraction of sp³-hybridized carbons (Fsp3) is 0.659. The van der Waals surface area contributed by atoms with Gasteiger partial charge in [-0.05, 0) is 74.6 Å². The molecule has 2 rings (SSSR count). The van der Waals surface area contributed by atoms with Gasteiger partial charge in [0.25, 0.3) is 0 Å². The van der Waals surface area contributed by atoms with E-state index >= 15 is 0 Å². The van der Waals surface area contributed by atoms with Crippen molar-refractivity contribution in [2.75, 3.05) is 19.6 Å². The SMILES string of the molecule is CCC(C)[C@H](NC(=O)[C@@H](CC(=O)[C@@H]1CCCN1C(=O)[C@H](CCCN=C(N)N)CC(=O)[C@H](N)CCCN=C(N)N)Cc1ccc(O)cc1)C(=O)C[C@@H](C[Si](C)(C)C)C(=O)O. The number of aliphatic carboxylic acids is 1. The normalized spacial score (nSPS) is 17.1. The standard InChI is InChI=1S/C41H69N9O8Si/c1-6-25(2)36(35(54)23-29(39(57)58)24-59(3,4)5)49-37(55)28(20-26-13-15-30(51)16-14-26)22-34(53)32-12-9-19-50(32)38(56)27(10-7-17-47-40(43)44)21-33(52)31(42)11-8-18-48-41(45)46/h13-16,25,27-29,31-32,36,51H,6-12,17-24,42H2,1-5H3,(H,49,55)(H,57,58)(H4,43,44,47)(H4,45,46,48)/t25?,27-,28-,29+,31-,32+,36+/m1/s1. The van der Waals surface area contributed by atoms with Gasteiger partial charge in [-0.25, -0.2) is 0 Å². The van der Waals surface area contributed by atoms with Gasteiger partial charge in [0.1, 0.15) is 11.5 Å². The van der Waals surface area contributed by atoms with Crippen LogP contribution in [-0.2, 0) is 35.2 Å². The Morgan fingerprint density at radius 1 is 0.864 bits per heavy atom. The molecule has 7 atom stereocenters. The lowest BCUT2D eigenvalue weighted by Gasteiger charge is -2.30. The van der Waals surface area contributed by atoms with Crippen molar-refractivity contribution in [1.29, 1.82) is 0 Å². The molecular formula is C41H69N9O8Si. The van der Waals surface area contributed by atoms with E-state index in [1.807, 2.05) is 33.5 Å². The third kappa shape index (κ3) is 17.9. The Kier molecular flexibility index (Phi) is 20.7. The van der Waals surface area contributed by atoms with E-state index in [9.17, 15) is 39.0 Å². The molecule has 1 unspecified atom stereocenters. The number of carboxylic acids is 1. The summed E-state index contributed by atoms with van der Waals surface area (Å²) in [5, 5.41) is 22.8. The van der Waals surface area contributed by atoms with E-state index in [-0.39, 0.29) is 92.0 Å². The number of nitrogens with two attached hydrogens (primary N) is 5. The van der Waals surface area contributed by atoms with E-state index in [2.05, 4.69) is 15.3 Å². The van der Waals surface area contributed by atoms with Crippen molar-refractivity contribution in [1.82, 2.24) is 10.2 Å². The van der Waals surface area contributed by atoms with Gasteiger partial charge in [-0.2, -0.15) is 0 Å². The molecule has 0 spiro atoms. The van der Waals surface area contributed by atoms with Crippen molar-refractivity contribution in [3.63, 3.8) is 0 Å². The molecule has 0 aliphatic carbocycles. The maximum absolute atomic E-state index is 14.3. The van der Waals surface area contributed by atoms with Gasteiger partial charge in [0.05, 0.1) is 24.0 Å². The van der Waals surface area contributed by atoms with Gasteiger partial charge in [0.15, 0.2) is 23.5 Å². The van der Waals surface area contributed by atoms with Crippen molar-refractivity contribution >= 4 is 55.1 Å². The third-order valence-corrected chi connectivity index (χ3v) is 12.6. The minimum Gasteiger partial charge on any atom is -0.508 e. The first-order chi connectivity index (χ1) is 27.6. The third-order valence-electron chi connectivity index (χ3n) is 10.8. The number of phenolic OH excluding ortho intramolecular Hbond substituents is 1. The number of phenols is 1. The lowest BCUT2D eigenvalue weighted by molar-refractivity contribution is -0.144. The van der Waals surface area contributed by atoms with Crippen molar-refractivity contribution < 1.29 is 39.0 Å². The molecule has 1 fully saturated rings. The predicted octanol–water partition coefficient (Wildman–Crippen LogP) is 2.04. The lowest BCUT2D eigenvalue weighted by Crippen LogP contribution is -2.50. The monoisotopic (exact) mass is 844 g/mol. The van der Waals surface area contributed by atoms with Crippen molar-refractivity contribution in [2.45, 2.75) is 128 Å². The van der Waals surface area contributed by atoms with Crippen molar-refractivity contribution in [3.8, 4) is 5.75 Å². The molecule has 0 saturated carbocycles. The first-order valence-electron chi connectivity index (χ1n) is 20.7. The van der Waals surface area contributed by atoms with Crippen LogP contribution in [0.3, 0.4) is 0 Å². The molecule has 13 N–H and O–H groups in total. The molecule has 1 heterocycles. The number of amides is 2. The number of ketones is 3. The number of nitrogens with one attached hydrogen (secondary N) is 1. The minimum absolute atomic E-state index is 0.0258. The van der Waals surface area contributed by atoms with Crippen LogP contribution in [0.15, 0.2) is 34.3 Å². The van der Waals surface area contributed by atoms with Crippen LogP contribution < -0.4 is 34.0 Å². The molecule has 0 bridgehead atoms. The number of carboxylic acid groups (broad SMARTS) is 1. The highest BCUT2D eigenvalue weighted by atomic mass is 28.3. The van der Waals surface area contributed by atoms with Gasteiger partial charge in [-0.1, -0.05) is 52.0 Å². The molecule has 1 aliphatic heterocycles. The summed E-state index contributed by atoms with van der Waals surface area (Å²) >= 11 is 0. The van der Waals surface area contributed by atoms with Gasteiger partial charge in [-0.15, -0.1) is 0 Å². The highest BCUT2D eigenvalue weighted by Gasteiger charge is 2.40. The maximum Gasteiger partial charge on any atom is 0.306 e. The smallest absolute Gasteiger partial charge is 0.306 e. The summed E-state index contributed by atoms with van der Waals surface area (Å²) in [5.74, 6) is -6.12. The van der Waals surface area contributed by atoms with Crippen LogP contribution in [0.5, 0.6) is 5.75 Å². The minimum atomic E-state index is -1.86. The Balaban J connectivity index is 2.37. The highest BCUT2D eigenvalue weighted by molar-refractivity contribution is 6.76. The van der Waals surface area contributed by atoms with E-state index in [0.717, 1.165) is 0 Å². The van der Waals surface area contributed by atoms with Crippen LogP contribution in [0.1, 0.15) is 83.6 Å². The Hall–Kier alpha value is -4.84. The second-order valence-corrected chi connectivity index (χ2v) is 22.7. The molecule has 1 aliphatic rings. The summed E-state index contributed by atoms with van der Waals surface area (Å²) in [6, 6.07) is 3.96. The van der Waals surface area contributed by atoms with E-state index in [4.69, 9.17) is 28.7 Å². The molecule has 2 amide bonds. The quantitative estimate of drug-likeness (QED) is 0.0273. The topological polar surface area (TPSA) is 313 Å². The van der Waals surface area contributed by atoms with Crippen LogP contribution in [0.4, 0.5) is 0 Å². The average molecular weight is 844 g/mol. The van der Waals surface area contributed by atoms with E-state index in [1.54, 1.807) is 12.1 Å². The predicted molar refractivity (Wildman–Crippen MR) is 231 cm³/mol. The summed E-state index contributed by atoms with van der Waals surface area (Å²) in [6.07, 6.45) is 2.30. The molecule has 1 aromatic rings. The number of Topliss-reactive ketones (excluding diaryl/α,β-unsaturated/α-hetero) is 3. The Bertz CT molecular complexity index is 1640. The Morgan fingerprint density at radius 3 is 1.98 bits per heavy atom. The summed E-state index contributed by atoms with van der Waals surface area (Å²) in [7, 11) is -1.86. The summed E-state index contributed by atoms with van der Waals surface area (Å²) < 4.78 is 0. The van der Waals surface area contributed by atoms with Gasteiger partial charge < -0.3 is 49.1 Å². The molecule has 18 heteroatoms. The Morgan fingerprint density at radius 2 is 1.44 bits per heavy atom. The van der Waals surface area contributed by atoms with Crippen LogP contribution in [0, 0.1) is 23.7 Å². The molecule has 1 saturated heterocycles. The van der Waals surface area contributed by atoms with Crippen LogP contribution in [-0.4, -0.2) is 108 Å². The number of nitrogens with zero attached hydrogens (tertiary/aromatic N) is 3. The fourth-order valence-corrected chi connectivity index (χ4v) is 9.29. The molecule has 0 radical (unpaired) electrons. The number of benzene rings is 1. The number of hydrogen-bond acceptors (Lipinski definition) is 10. The zero-order valence-electron chi connectivity index (χ0n) is 35.5. The summed E-state index contributed by atoms with van der Waals surface area (Å²) in [4.78, 5) is 91.4. The first kappa shape index (κ1) is 50.3. The molecule has 59 heavy (non-hydrogen) atoms. The number of aromatic hydroxyl groups is 1. The number of carbonyl (C=O) groups is 6. The van der Waals surface area contributed by atoms with E-state index < -0.39 is 55.8 Å². The zero-order chi connectivity index (χ0) is 44.4. The summed E-state index contributed by atoms with van der Waals surface area (Å²) in [6.45, 7) is 10.6. The van der Waals surface area contributed by atoms with Crippen molar-refractivity contribution in [2.24, 2.45) is 62.3 Å². The number of aliphatic imine (C=N–C) groups is 2. The lowest BCUT2D eigenvalue weighted by atomic mass is 9.87. The van der Waals surface area contributed by atoms with E-state index in [1.165, 1.54) is 17.0 Å². The highest BCUT2D eigenvalue weighted by Crippen LogP contribution is 2.28. The van der Waals surface area contributed by atoms with Gasteiger partial charge >= 0.3 is 5.97 Å². The number of guanidine groups is 2. The van der Waals surface area contributed by atoms with Gasteiger partial charge in [0.2, 0.25) is 11.8 Å². The second-order valence-electron chi connectivity index (χ2n) is 17.1. The largest absolute Gasteiger partial charge is 0.508 e. The van der Waals surface area contributed by atoms with Gasteiger partial charge in [-0.3, -0.25) is 38.8 Å². The number of likely N-dealkylation sites (tertiary alicyclic amines) is 1. The van der Waals surface area contributed by atoms with Gasteiger partial charge in [0, 0.05) is 58.8 Å². The van der Waals surface area contributed by atoms with Crippen LogP contribution in [0.25, 0.3) is 0 Å². The Labute approximate surface area is 349 Å². The molecule has 1 aromatic carbocycles. The fourth-order valence-electron chi connectivity index (χ4n) is 7.49. The average Bonchev–Trinajstić information content (AvgIpc) is 3.66. The number of rotatable bonds is 27. The number of hydrogen-bond donors (Lipinski definition) is 8. The molecular weight excluding hydrogens is 775 g/mol. The second kappa shape index (κ2) is 24.3. The van der Waals surface area contributed by atoms with Crippen molar-refractivity contribution in [3.05, 3.63) is 29.8 Å². The molecule has 330 valence electrons. The number of carbonyl (C=O) groups excluding carboxylic acids is 5. The molecule has 17 nitrogen and oxygen atoms in total. The van der Waals surface area contributed by atoms with Crippen LogP contribution in [0.2, 0.25) is 25.7 Å².